The van der Waals surface area contributed by atoms with E-state index in [1.165, 1.54) is 0 Å². The van der Waals surface area contributed by atoms with Crippen molar-refractivity contribution in [1.82, 2.24) is 10.3 Å². The second-order valence-corrected chi connectivity index (χ2v) is 6.38. The Morgan fingerprint density at radius 3 is 2.48 bits per heavy atom. The van der Waals surface area contributed by atoms with E-state index in [1.807, 2.05) is 30.3 Å². The number of carbonyl (C=O) groups excluding carboxylic acids is 1. The molecule has 2 aromatic carbocycles. The Balaban J connectivity index is 1.57. The van der Waals surface area contributed by atoms with Gasteiger partial charge in [0.05, 0.1) is 23.5 Å². The quantitative estimate of drug-likeness (QED) is 0.637. The van der Waals surface area contributed by atoms with Crippen LogP contribution in [0, 0.1) is 6.07 Å². The number of nitrogens with one attached hydrogen (secondary N) is 1. The maximum absolute atomic E-state index is 12.6. The van der Waals surface area contributed by atoms with E-state index < -0.39 is 23.7 Å². The highest BCUT2D eigenvalue weighted by Crippen LogP contribution is 2.28. The fourth-order valence-corrected chi connectivity index (χ4v) is 2.57. The first-order valence-corrected chi connectivity index (χ1v) is 8.85. The van der Waals surface area contributed by atoms with Gasteiger partial charge in [-0.15, -0.1) is 0 Å². The number of ether oxygens (including phenoxy) is 1. The van der Waals surface area contributed by atoms with Crippen LogP contribution < -0.4 is 10.1 Å². The Morgan fingerprint density at radius 1 is 1.14 bits per heavy atom. The molecule has 149 valence electrons. The van der Waals surface area contributed by atoms with E-state index >= 15 is 0 Å². The number of nitrogens with zero attached hydrogens (tertiary/aromatic N) is 1. The summed E-state index contributed by atoms with van der Waals surface area (Å²) in [5.41, 5.74) is 0.800. The molecule has 3 aromatic rings. The smallest absolute Gasteiger partial charge is 0.417 e. The normalized spacial score (nSPS) is 12.3. The summed E-state index contributed by atoms with van der Waals surface area (Å²) in [4.78, 5) is 16.5. The third-order valence-corrected chi connectivity index (χ3v) is 4.18. The predicted octanol–water partition coefficient (Wildman–Crippen LogP) is 4.97. The number of amides is 1. The molecule has 1 aromatic heterocycles. The number of hydrogen-bond acceptors (Lipinski definition) is 3. The van der Waals surface area contributed by atoms with E-state index in [0.717, 1.165) is 23.8 Å². The fourth-order valence-electron chi connectivity index (χ4n) is 2.57. The molecule has 29 heavy (non-hydrogen) atoms. The lowest BCUT2D eigenvalue weighted by Crippen LogP contribution is -2.27. The topological polar surface area (TPSA) is 51.2 Å². The highest BCUT2D eigenvalue weighted by Gasteiger charge is 2.30. The average Bonchev–Trinajstić information content (AvgIpc) is 2.73. The molecule has 3 rings (SSSR count). The van der Waals surface area contributed by atoms with Gasteiger partial charge >= 0.3 is 6.18 Å². The summed E-state index contributed by atoms with van der Waals surface area (Å²) in [6, 6.07) is 17.8. The molecule has 1 amide bonds. The third-order valence-electron chi connectivity index (χ3n) is 4.18. The SMILES string of the molecule is CC(NC(=O)c1c[c]c(C(F)(F)F)cc1)c1ccc(OCc2ccccc2)cn1. The van der Waals surface area contributed by atoms with E-state index in [0.29, 0.717) is 18.1 Å². The van der Waals surface area contributed by atoms with Crippen LogP contribution in [0.3, 0.4) is 0 Å². The van der Waals surface area contributed by atoms with Gasteiger partial charge in [-0.1, -0.05) is 30.3 Å². The van der Waals surface area contributed by atoms with Crippen molar-refractivity contribution >= 4 is 5.91 Å². The number of benzene rings is 2. The maximum Gasteiger partial charge on any atom is 0.417 e. The van der Waals surface area contributed by atoms with Crippen LogP contribution in [-0.4, -0.2) is 10.9 Å². The lowest BCUT2D eigenvalue weighted by atomic mass is 10.1. The van der Waals surface area contributed by atoms with Crippen molar-refractivity contribution in [3.8, 4) is 5.75 Å². The van der Waals surface area contributed by atoms with Crippen molar-refractivity contribution in [3.05, 3.63) is 95.3 Å². The van der Waals surface area contributed by atoms with Crippen LogP contribution in [0.15, 0.2) is 66.9 Å². The van der Waals surface area contributed by atoms with Crippen molar-refractivity contribution in [2.75, 3.05) is 0 Å². The Bertz CT molecular complexity index is 941. The Morgan fingerprint density at radius 2 is 1.90 bits per heavy atom. The van der Waals surface area contributed by atoms with Gasteiger partial charge < -0.3 is 10.1 Å². The van der Waals surface area contributed by atoms with Gasteiger partial charge in [0.25, 0.3) is 5.91 Å². The second-order valence-electron chi connectivity index (χ2n) is 6.38. The van der Waals surface area contributed by atoms with Gasteiger partial charge in [0, 0.05) is 5.56 Å². The van der Waals surface area contributed by atoms with Crippen LogP contribution in [0.4, 0.5) is 13.2 Å². The van der Waals surface area contributed by atoms with E-state index in [4.69, 9.17) is 4.74 Å². The Labute approximate surface area is 166 Å². The van der Waals surface area contributed by atoms with Crippen LogP contribution in [0.1, 0.15) is 40.1 Å². The minimum atomic E-state index is -4.49. The Kier molecular flexibility index (Phi) is 6.16. The van der Waals surface area contributed by atoms with Crippen LogP contribution in [0.2, 0.25) is 0 Å². The molecule has 0 bridgehead atoms. The average molecular weight is 399 g/mol. The van der Waals surface area contributed by atoms with E-state index in [1.54, 1.807) is 25.3 Å². The lowest BCUT2D eigenvalue weighted by Gasteiger charge is -2.14. The van der Waals surface area contributed by atoms with Crippen molar-refractivity contribution in [2.45, 2.75) is 25.7 Å². The highest BCUT2D eigenvalue weighted by atomic mass is 19.4. The zero-order chi connectivity index (χ0) is 20.9. The molecule has 0 aliphatic carbocycles. The minimum absolute atomic E-state index is 0.0904. The van der Waals surface area contributed by atoms with Crippen molar-refractivity contribution in [3.63, 3.8) is 0 Å². The second kappa shape index (κ2) is 8.77. The third kappa shape index (κ3) is 5.57. The molecule has 0 spiro atoms. The molecule has 0 saturated heterocycles. The fraction of sp³-hybridized carbons (Fsp3) is 0.182. The van der Waals surface area contributed by atoms with Gasteiger partial charge in [0.15, 0.2) is 0 Å². The number of halogens is 3. The number of hydrogen-bond donors (Lipinski definition) is 1. The first kappa shape index (κ1) is 20.4. The lowest BCUT2D eigenvalue weighted by molar-refractivity contribution is -0.137. The Hall–Kier alpha value is -3.35. The number of carbonyl (C=O) groups is 1. The highest BCUT2D eigenvalue weighted by molar-refractivity contribution is 5.94. The van der Waals surface area contributed by atoms with Crippen LogP contribution in [-0.2, 0) is 12.8 Å². The predicted molar refractivity (Wildman–Crippen MR) is 101 cm³/mol. The summed E-state index contributed by atoms with van der Waals surface area (Å²) in [6.45, 7) is 2.15. The molecule has 7 heteroatoms. The molecule has 0 aliphatic heterocycles. The van der Waals surface area contributed by atoms with Crippen LogP contribution >= 0.6 is 0 Å². The first-order chi connectivity index (χ1) is 13.8. The molecule has 1 N–H and O–H groups in total. The number of pyridine rings is 1. The molecular weight excluding hydrogens is 381 g/mol. The molecule has 0 aliphatic rings. The number of rotatable bonds is 6. The molecule has 0 saturated carbocycles. The molecule has 0 fully saturated rings. The summed E-state index contributed by atoms with van der Waals surface area (Å²) >= 11 is 0. The van der Waals surface area contributed by atoms with Crippen molar-refractivity contribution in [1.29, 1.82) is 0 Å². The first-order valence-electron chi connectivity index (χ1n) is 8.85. The van der Waals surface area contributed by atoms with E-state index in [2.05, 4.69) is 16.4 Å². The molecule has 1 radical (unpaired) electrons. The van der Waals surface area contributed by atoms with Crippen LogP contribution in [0.25, 0.3) is 0 Å². The molecule has 1 heterocycles. The molecule has 1 unspecified atom stereocenters. The summed E-state index contributed by atoms with van der Waals surface area (Å²) < 4.78 is 43.4. The summed E-state index contributed by atoms with van der Waals surface area (Å²) in [7, 11) is 0. The molecule has 4 nitrogen and oxygen atoms in total. The standard InChI is InChI=1S/C22H18F3N2O2/c1-15(27-21(28)17-7-9-18(10-8-17)22(23,24)25)20-12-11-19(13-26-20)29-14-16-5-3-2-4-6-16/h2-9,11-13,15H,14H2,1H3,(H,27,28). The van der Waals surface area contributed by atoms with Gasteiger partial charge in [0.2, 0.25) is 0 Å². The summed E-state index contributed by atoms with van der Waals surface area (Å²) in [5.74, 6) is 0.0853. The van der Waals surface area contributed by atoms with Gasteiger partial charge in [-0.2, -0.15) is 13.2 Å². The largest absolute Gasteiger partial charge is 0.487 e. The zero-order valence-corrected chi connectivity index (χ0v) is 15.5. The van der Waals surface area contributed by atoms with E-state index in [9.17, 15) is 18.0 Å². The summed E-state index contributed by atoms with van der Waals surface area (Å²) in [5, 5.41) is 2.70. The number of alkyl halides is 3. The zero-order valence-electron chi connectivity index (χ0n) is 15.5. The van der Waals surface area contributed by atoms with Gasteiger partial charge in [0.1, 0.15) is 12.4 Å². The van der Waals surface area contributed by atoms with Gasteiger partial charge in [-0.25, -0.2) is 0 Å². The van der Waals surface area contributed by atoms with Crippen molar-refractivity contribution < 1.29 is 22.7 Å². The molecular formula is C22H18F3N2O2. The van der Waals surface area contributed by atoms with Crippen LogP contribution in [0.5, 0.6) is 5.75 Å². The van der Waals surface area contributed by atoms with Gasteiger partial charge in [-0.05, 0) is 48.9 Å². The van der Waals surface area contributed by atoms with E-state index in [-0.39, 0.29) is 5.56 Å². The van der Waals surface area contributed by atoms with Crippen molar-refractivity contribution in [2.24, 2.45) is 0 Å². The number of aromatic nitrogens is 1. The summed E-state index contributed by atoms with van der Waals surface area (Å²) in [6.07, 6.45) is -2.93. The van der Waals surface area contributed by atoms with Gasteiger partial charge in [-0.3, -0.25) is 9.78 Å². The monoisotopic (exact) mass is 399 g/mol. The molecule has 1 atom stereocenters. The minimum Gasteiger partial charge on any atom is -0.487 e. The maximum atomic E-state index is 12.6.